The van der Waals surface area contributed by atoms with Crippen LogP contribution in [0.3, 0.4) is 0 Å². The molecule has 1 saturated carbocycles. The molecule has 1 amide bonds. The minimum atomic E-state index is -0.772. The van der Waals surface area contributed by atoms with Gasteiger partial charge in [-0.25, -0.2) is 0 Å². The second kappa shape index (κ2) is 9.08. The Bertz CT molecular complexity index is 658. The SMILES string of the molecule is COc1cccc(OCCN2CCN(C(=O)[C@@H]3CC[C@H](C(=O)O)C3)CC2)c1. The van der Waals surface area contributed by atoms with Gasteiger partial charge in [0.1, 0.15) is 18.1 Å². The maximum Gasteiger partial charge on any atom is 0.306 e. The Morgan fingerprint density at radius 1 is 1.11 bits per heavy atom. The molecule has 1 aromatic rings. The first-order valence-electron chi connectivity index (χ1n) is 9.57. The molecule has 1 saturated heterocycles. The summed E-state index contributed by atoms with van der Waals surface area (Å²) in [6.45, 7) is 4.44. The average Bonchev–Trinajstić information content (AvgIpc) is 3.19. The highest BCUT2D eigenvalue weighted by Crippen LogP contribution is 2.32. The monoisotopic (exact) mass is 376 g/mol. The van der Waals surface area contributed by atoms with E-state index in [1.54, 1.807) is 7.11 Å². The van der Waals surface area contributed by atoms with Crippen LogP contribution in [0.15, 0.2) is 24.3 Å². The van der Waals surface area contributed by atoms with Crippen LogP contribution in [-0.4, -0.2) is 73.2 Å². The van der Waals surface area contributed by atoms with E-state index in [2.05, 4.69) is 4.90 Å². The minimum absolute atomic E-state index is 0.117. The molecule has 2 fully saturated rings. The molecule has 7 nitrogen and oxygen atoms in total. The number of amides is 1. The number of carboxylic acids is 1. The number of hydrogen-bond donors (Lipinski definition) is 1. The van der Waals surface area contributed by atoms with Crippen molar-refractivity contribution in [2.45, 2.75) is 19.3 Å². The standard InChI is InChI=1S/C20H28N2O5/c1-26-17-3-2-4-18(14-17)27-12-11-21-7-9-22(10-8-21)19(23)15-5-6-16(13-15)20(24)25/h2-4,14-16H,5-13H2,1H3,(H,24,25)/t15-,16+/m1/s1. The first kappa shape index (κ1) is 19.5. The number of nitrogens with zero attached hydrogens (tertiary/aromatic N) is 2. The van der Waals surface area contributed by atoms with Crippen molar-refractivity contribution < 1.29 is 24.2 Å². The number of aliphatic carboxylic acids is 1. The van der Waals surface area contributed by atoms with Gasteiger partial charge < -0.3 is 19.5 Å². The Labute approximate surface area is 159 Å². The maximum absolute atomic E-state index is 12.6. The lowest BCUT2D eigenvalue weighted by Crippen LogP contribution is -2.50. The molecule has 2 atom stereocenters. The quantitative estimate of drug-likeness (QED) is 0.781. The van der Waals surface area contributed by atoms with Crippen molar-refractivity contribution in [2.24, 2.45) is 11.8 Å². The van der Waals surface area contributed by atoms with Crippen molar-refractivity contribution in [1.29, 1.82) is 0 Å². The normalized spacial score (nSPS) is 23.2. The molecule has 1 aromatic carbocycles. The first-order valence-corrected chi connectivity index (χ1v) is 9.57. The second-order valence-corrected chi connectivity index (χ2v) is 7.24. The van der Waals surface area contributed by atoms with Gasteiger partial charge >= 0.3 is 5.97 Å². The lowest BCUT2D eigenvalue weighted by atomic mass is 10.0. The Morgan fingerprint density at radius 2 is 1.81 bits per heavy atom. The van der Waals surface area contributed by atoms with E-state index in [1.165, 1.54) is 0 Å². The Kier molecular flexibility index (Phi) is 6.55. The van der Waals surface area contributed by atoms with Gasteiger partial charge in [0.15, 0.2) is 0 Å². The number of hydrogen-bond acceptors (Lipinski definition) is 5. The van der Waals surface area contributed by atoms with Gasteiger partial charge in [0.05, 0.1) is 13.0 Å². The number of carbonyl (C=O) groups excluding carboxylic acids is 1. The van der Waals surface area contributed by atoms with E-state index >= 15 is 0 Å². The zero-order valence-electron chi connectivity index (χ0n) is 15.8. The highest BCUT2D eigenvalue weighted by molar-refractivity contribution is 5.81. The van der Waals surface area contributed by atoms with E-state index in [-0.39, 0.29) is 17.7 Å². The van der Waals surface area contributed by atoms with E-state index < -0.39 is 5.97 Å². The Hall–Kier alpha value is -2.28. The first-order chi connectivity index (χ1) is 13.1. The van der Waals surface area contributed by atoms with E-state index in [1.807, 2.05) is 29.2 Å². The third-order valence-corrected chi connectivity index (χ3v) is 5.53. The van der Waals surface area contributed by atoms with E-state index in [4.69, 9.17) is 14.6 Å². The highest BCUT2D eigenvalue weighted by atomic mass is 16.5. The molecule has 148 valence electrons. The summed E-state index contributed by atoms with van der Waals surface area (Å²) in [5.74, 6) is 0.453. The molecule has 2 aliphatic rings. The van der Waals surface area contributed by atoms with Crippen LogP contribution in [0.4, 0.5) is 0 Å². The van der Waals surface area contributed by atoms with E-state index in [0.717, 1.165) is 31.1 Å². The summed E-state index contributed by atoms with van der Waals surface area (Å²) < 4.78 is 11.0. The fourth-order valence-corrected chi connectivity index (χ4v) is 3.86. The van der Waals surface area contributed by atoms with Gasteiger partial charge in [-0.3, -0.25) is 14.5 Å². The number of ether oxygens (including phenoxy) is 2. The van der Waals surface area contributed by atoms with Crippen molar-refractivity contribution in [1.82, 2.24) is 9.80 Å². The van der Waals surface area contributed by atoms with Crippen molar-refractivity contribution in [2.75, 3.05) is 46.4 Å². The molecule has 0 radical (unpaired) electrons. The number of benzene rings is 1. The molecule has 0 spiro atoms. The fraction of sp³-hybridized carbons (Fsp3) is 0.600. The van der Waals surface area contributed by atoms with E-state index in [0.29, 0.717) is 39.0 Å². The van der Waals surface area contributed by atoms with Gasteiger partial charge in [0.25, 0.3) is 0 Å². The molecule has 1 aliphatic heterocycles. The third kappa shape index (κ3) is 5.13. The minimum Gasteiger partial charge on any atom is -0.497 e. The molecule has 3 rings (SSSR count). The molecular formula is C20H28N2O5. The molecule has 27 heavy (non-hydrogen) atoms. The van der Waals surface area contributed by atoms with Gasteiger partial charge in [-0.05, 0) is 31.4 Å². The molecule has 0 aromatic heterocycles. The van der Waals surface area contributed by atoms with Crippen LogP contribution in [0.2, 0.25) is 0 Å². The van der Waals surface area contributed by atoms with Crippen LogP contribution in [-0.2, 0) is 9.59 Å². The van der Waals surface area contributed by atoms with Gasteiger partial charge in [0, 0.05) is 44.7 Å². The predicted octanol–water partition coefficient (Wildman–Crippen LogP) is 1.72. The zero-order chi connectivity index (χ0) is 19.2. The summed E-state index contributed by atoms with van der Waals surface area (Å²) in [7, 11) is 1.63. The topological polar surface area (TPSA) is 79.3 Å². The predicted molar refractivity (Wildman–Crippen MR) is 100.0 cm³/mol. The summed E-state index contributed by atoms with van der Waals surface area (Å²) in [6, 6.07) is 7.55. The fourth-order valence-electron chi connectivity index (χ4n) is 3.86. The Balaban J connectivity index is 1.37. The summed E-state index contributed by atoms with van der Waals surface area (Å²) in [5, 5.41) is 9.10. The number of methoxy groups -OCH3 is 1. The third-order valence-electron chi connectivity index (χ3n) is 5.53. The van der Waals surface area contributed by atoms with Crippen LogP contribution < -0.4 is 9.47 Å². The van der Waals surface area contributed by atoms with Crippen LogP contribution in [0.1, 0.15) is 19.3 Å². The van der Waals surface area contributed by atoms with Crippen LogP contribution in [0.5, 0.6) is 11.5 Å². The molecule has 0 unspecified atom stereocenters. The second-order valence-electron chi connectivity index (χ2n) is 7.24. The number of carbonyl (C=O) groups is 2. The largest absolute Gasteiger partial charge is 0.497 e. The van der Waals surface area contributed by atoms with Gasteiger partial charge in [-0.1, -0.05) is 6.07 Å². The van der Waals surface area contributed by atoms with Gasteiger partial charge in [0.2, 0.25) is 5.91 Å². The summed E-state index contributed by atoms with van der Waals surface area (Å²) in [4.78, 5) is 27.9. The van der Waals surface area contributed by atoms with Gasteiger partial charge in [-0.15, -0.1) is 0 Å². The molecule has 0 bridgehead atoms. The van der Waals surface area contributed by atoms with Crippen molar-refractivity contribution in [3.05, 3.63) is 24.3 Å². The van der Waals surface area contributed by atoms with Crippen LogP contribution in [0.25, 0.3) is 0 Å². The van der Waals surface area contributed by atoms with Crippen molar-refractivity contribution in [3.8, 4) is 11.5 Å². The molecule has 1 aliphatic carbocycles. The number of carboxylic acid groups (broad SMARTS) is 1. The van der Waals surface area contributed by atoms with E-state index in [9.17, 15) is 9.59 Å². The zero-order valence-corrected chi connectivity index (χ0v) is 15.8. The smallest absolute Gasteiger partial charge is 0.306 e. The maximum atomic E-state index is 12.6. The average molecular weight is 376 g/mol. The lowest BCUT2D eigenvalue weighted by molar-refractivity contribution is -0.142. The van der Waals surface area contributed by atoms with Gasteiger partial charge in [-0.2, -0.15) is 0 Å². The lowest BCUT2D eigenvalue weighted by Gasteiger charge is -2.35. The molecular weight excluding hydrogens is 348 g/mol. The summed E-state index contributed by atoms with van der Waals surface area (Å²) in [6.07, 6.45) is 1.81. The molecule has 1 N–H and O–H groups in total. The highest BCUT2D eigenvalue weighted by Gasteiger charge is 2.36. The molecule has 1 heterocycles. The Morgan fingerprint density at radius 3 is 2.48 bits per heavy atom. The number of piperazine rings is 1. The molecule has 7 heteroatoms. The van der Waals surface area contributed by atoms with Crippen molar-refractivity contribution >= 4 is 11.9 Å². The summed E-state index contributed by atoms with van der Waals surface area (Å²) in [5.41, 5.74) is 0. The van der Waals surface area contributed by atoms with Crippen LogP contribution in [0, 0.1) is 11.8 Å². The summed E-state index contributed by atoms with van der Waals surface area (Å²) >= 11 is 0. The van der Waals surface area contributed by atoms with Crippen molar-refractivity contribution in [3.63, 3.8) is 0 Å². The number of rotatable bonds is 7. The van der Waals surface area contributed by atoms with Crippen LogP contribution >= 0.6 is 0 Å².